The Morgan fingerprint density at radius 2 is 1.12 bits per heavy atom. The van der Waals surface area contributed by atoms with Crippen LogP contribution in [0.5, 0.6) is 0 Å². The lowest BCUT2D eigenvalue weighted by Crippen LogP contribution is -2.39. The van der Waals surface area contributed by atoms with Crippen LogP contribution in [-0.4, -0.2) is 5.71 Å². The number of anilines is 1. The van der Waals surface area contributed by atoms with E-state index >= 15 is 0 Å². The van der Waals surface area contributed by atoms with Gasteiger partial charge in [0, 0.05) is 27.9 Å². The average Bonchev–Trinajstić information content (AvgIpc) is 2.89. The van der Waals surface area contributed by atoms with Gasteiger partial charge in [-0.25, -0.2) is 4.99 Å². The van der Waals surface area contributed by atoms with E-state index in [1.54, 1.807) is 0 Å². The number of para-hydroxylation sites is 1. The summed E-state index contributed by atoms with van der Waals surface area (Å²) in [6, 6.07) is 44.5. The van der Waals surface area contributed by atoms with Crippen LogP contribution in [0.25, 0.3) is 10.8 Å². The molecular formula is C30H22N2. The van der Waals surface area contributed by atoms with E-state index < -0.39 is 5.66 Å². The third kappa shape index (κ3) is 3.00. The largest absolute Gasteiger partial charge is 0.353 e. The number of hydrogen-bond donors (Lipinski definition) is 1. The van der Waals surface area contributed by atoms with E-state index in [4.69, 9.17) is 4.99 Å². The summed E-state index contributed by atoms with van der Waals surface area (Å²) in [5.41, 5.74) is 5.83. The molecule has 1 aliphatic rings. The number of aliphatic imine (C=N–C) groups is 1. The van der Waals surface area contributed by atoms with E-state index in [-0.39, 0.29) is 0 Å². The third-order valence-electron chi connectivity index (χ3n) is 6.18. The first-order valence-electron chi connectivity index (χ1n) is 10.9. The predicted molar refractivity (Wildman–Crippen MR) is 133 cm³/mol. The van der Waals surface area contributed by atoms with Crippen molar-refractivity contribution in [2.45, 2.75) is 5.66 Å². The molecule has 0 unspecified atom stereocenters. The van der Waals surface area contributed by atoms with Crippen LogP contribution in [-0.2, 0) is 5.66 Å². The maximum atomic E-state index is 5.48. The summed E-state index contributed by atoms with van der Waals surface area (Å²) >= 11 is 0. The summed E-state index contributed by atoms with van der Waals surface area (Å²) in [5, 5.41) is 6.24. The lowest BCUT2D eigenvalue weighted by molar-refractivity contribution is 0.620. The Kier molecular flexibility index (Phi) is 4.36. The van der Waals surface area contributed by atoms with Crippen molar-refractivity contribution in [2.75, 3.05) is 5.32 Å². The van der Waals surface area contributed by atoms with Gasteiger partial charge in [-0.2, -0.15) is 0 Å². The van der Waals surface area contributed by atoms with Gasteiger partial charge in [0.2, 0.25) is 0 Å². The normalized spacial score (nSPS) is 14.3. The fourth-order valence-electron chi connectivity index (χ4n) is 4.60. The lowest BCUT2D eigenvalue weighted by atomic mass is 9.86. The topological polar surface area (TPSA) is 24.4 Å². The van der Waals surface area contributed by atoms with Gasteiger partial charge in [0.1, 0.15) is 0 Å². The van der Waals surface area contributed by atoms with Crippen molar-refractivity contribution < 1.29 is 0 Å². The molecule has 0 atom stereocenters. The average molecular weight is 411 g/mol. The highest BCUT2D eigenvalue weighted by molar-refractivity contribution is 6.18. The van der Waals surface area contributed by atoms with Gasteiger partial charge in [0.25, 0.3) is 0 Å². The van der Waals surface area contributed by atoms with Crippen molar-refractivity contribution >= 4 is 22.2 Å². The van der Waals surface area contributed by atoms with Gasteiger partial charge >= 0.3 is 0 Å². The van der Waals surface area contributed by atoms with Crippen LogP contribution in [0.2, 0.25) is 0 Å². The molecule has 0 saturated heterocycles. The number of rotatable bonds is 3. The second-order valence-electron chi connectivity index (χ2n) is 8.14. The van der Waals surface area contributed by atoms with Gasteiger partial charge in [0.15, 0.2) is 5.66 Å². The van der Waals surface area contributed by atoms with Crippen LogP contribution >= 0.6 is 0 Å². The molecule has 0 aliphatic carbocycles. The van der Waals surface area contributed by atoms with Crippen LogP contribution in [0.3, 0.4) is 0 Å². The molecule has 0 fully saturated rings. The van der Waals surface area contributed by atoms with Crippen molar-refractivity contribution in [3.05, 3.63) is 150 Å². The quantitative estimate of drug-likeness (QED) is 0.340. The Balaban J connectivity index is 1.66. The van der Waals surface area contributed by atoms with Gasteiger partial charge < -0.3 is 5.32 Å². The third-order valence-corrected chi connectivity index (χ3v) is 6.18. The lowest BCUT2D eigenvalue weighted by Gasteiger charge is -2.38. The Hall–Kier alpha value is -4.17. The number of fused-ring (bicyclic) bond motifs is 2. The zero-order chi connectivity index (χ0) is 21.4. The number of benzene rings is 5. The van der Waals surface area contributed by atoms with Crippen molar-refractivity contribution in [2.24, 2.45) is 4.99 Å². The molecule has 5 aromatic rings. The van der Waals surface area contributed by atoms with E-state index in [1.807, 2.05) is 12.1 Å². The summed E-state index contributed by atoms with van der Waals surface area (Å²) in [6.07, 6.45) is 0. The Bertz CT molecular complexity index is 1400. The van der Waals surface area contributed by atoms with Gasteiger partial charge in [-0.1, -0.05) is 115 Å². The van der Waals surface area contributed by atoms with Crippen LogP contribution in [0.15, 0.2) is 132 Å². The first-order chi connectivity index (χ1) is 15.8. The number of nitrogens with zero attached hydrogens (tertiary/aromatic N) is 1. The minimum Gasteiger partial charge on any atom is -0.353 e. The molecule has 0 aromatic heterocycles. The van der Waals surface area contributed by atoms with Crippen LogP contribution < -0.4 is 5.32 Å². The maximum Gasteiger partial charge on any atom is 0.182 e. The maximum absolute atomic E-state index is 5.48. The fraction of sp³-hybridized carbons (Fsp3) is 0.0333. The zero-order valence-electron chi connectivity index (χ0n) is 17.6. The van der Waals surface area contributed by atoms with E-state index in [0.29, 0.717) is 0 Å². The second-order valence-corrected chi connectivity index (χ2v) is 8.14. The molecular weight excluding hydrogens is 388 g/mol. The van der Waals surface area contributed by atoms with E-state index in [1.165, 1.54) is 10.8 Å². The first-order valence-corrected chi connectivity index (χ1v) is 10.9. The molecule has 0 radical (unpaired) electrons. The van der Waals surface area contributed by atoms with Crippen molar-refractivity contribution in [3.63, 3.8) is 0 Å². The zero-order valence-corrected chi connectivity index (χ0v) is 17.6. The van der Waals surface area contributed by atoms with Crippen molar-refractivity contribution in [1.29, 1.82) is 0 Å². The summed E-state index contributed by atoms with van der Waals surface area (Å²) < 4.78 is 0. The van der Waals surface area contributed by atoms with Crippen LogP contribution in [0.4, 0.5) is 5.69 Å². The molecule has 1 aliphatic heterocycles. The minimum absolute atomic E-state index is 0.710. The smallest absolute Gasteiger partial charge is 0.182 e. The van der Waals surface area contributed by atoms with Crippen molar-refractivity contribution in [1.82, 2.24) is 0 Å². The van der Waals surface area contributed by atoms with Crippen LogP contribution in [0.1, 0.15) is 22.3 Å². The molecule has 1 heterocycles. The monoisotopic (exact) mass is 410 g/mol. The summed E-state index contributed by atoms with van der Waals surface area (Å²) in [7, 11) is 0. The van der Waals surface area contributed by atoms with Gasteiger partial charge in [-0.3, -0.25) is 0 Å². The fourth-order valence-corrected chi connectivity index (χ4v) is 4.60. The van der Waals surface area contributed by atoms with Gasteiger partial charge in [0.05, 0.1) is 5.71 Å². The summed E-state index contributed by atoms with van der Waals surface area (Å²) in [5.74, 6) is 0. The highest BCUT2D eigenvalue weighted by atomic mass is 15.2. The van der Waals surface area contributed by atoms with Gasteiger partial charge in [-0.05, 0) is 22.9 Å². The summed E-state index contributed by atoms with van der Waals surface area (Å²) in [4.78, 5) is 5.48. The molecule has 152 valence electrons. The molecule has 32 heavy (non-hydrogen) atoms. The SMILES string of the molecule is c1ccc(C2(c3ccccc3)N=C(c3ccc4ccccc4c3)c3ccccc3N2)cc1. The van der Waals surface area contributed by atoms with Crippen molar-refractivity contribution in [3.8, 4) is 0 Å². The molecule has 5 aromatic carbocycles. The Labute approximate surface area is 187 Å². The Morgan fingerprint density at radius 1 is 0.531 bits per heavy atom. The highest BCUT2D eigenvalue weighted by Gasteiger charge is 2.38. The Morgan fingerprint density at radius 3 is 1.84 bits per heavy atom. The predicted octanol–water partition coefficient (Wildman–Crippen LogP) is 7.00. The first kappa shape index (κ1) is 18.6. The standard InChI is InChI=1S/C30H22N2/c1-3-13-25(14-4-1)30(26-15-5-2-6-16-26)31-28-18-10-9-17-27(28)29(32-30)24-20-19-22-11-7-8-12-23(22)21-24/h1-21,31H. The molecule has 2 nitrogen and oxygen atoms in total. The van der Waals surface area contributed by atoms with E-state index in [2.05, 4.69) is 121 Å². The molecule has 2 heteroatoms. The number of nitrogens with one attached hydrogen (secondary N) is 1. The number of hydrogen-bond acceptors (Lipinski definition) is 2. The molecule has 0 amide bonds. The molecule has 1 N–H and O–H groups in total. The van der Waals surface area contributed by atoms with Crippen LogP contribution in [0, 0.1) is 0 Å². The van der Waals surface area contributed by atoms with E-state index in [9.17, 15) is 0 Å². The highest BCUT2D eigenvalue weighted by Crippen LogP contribution is 2.41. The molecule has 6 rings (SSSR count). The summed E-state index contributed by atoms with van der Waals surface area (Å²) in [6.45, 7) is 0. The minimum atomic E-state index is -0.710. The van der Waals surface area contributed by atoms with E-state index in [0.717, 1.165) is 33.7 Å². The second kappa shape index (κ2) is 7.51. The molecule has 0 saturated carbocycles. The molecule has 0 spiro atoms. The van der Waals surface area contributed by atoms with Gasteiger partial charge in [-0.15, -0.1) is 0 Å². The molecule has 0 bridgehead atoms.